The van der Waals surface area contributed by atoms with E-state index in [4.69, 9.17) is 14.2 Å². The van der Waals surface area contributed by atoms with Crippen molar-refractivity contribution in [3.63, 3.8) is 0 Å². The summed E-state index contributed by atoms with van der Waals surface area (Å²) in [6, 6.07) is 7.24. The minimum absolute atomic E-state index is 0.142. The molecule has 2 aromatic carbocycles. The van der Waals surface area contributed by atoms with Gasteiger partial charge in [0, 0.05) is 29.4 Å². The second-order valence-corrected chi connectivity index (χ2v) is 5.65. The van der Waals surface area contributed by atoms with Crippen LogP contribution in [-0.4, -0.2) is 32.2 Å². The average molecular weight is 411 g/mol. The standard InChI is InChI=1S/C16H15BrN2O6/c1-23-13-7-10(8-14(24-2)15(13)25-3)18-16(20)9-4-5-11(17)12(6-9)19(21)22/h4-8H,1-3H3,(H,18,20). The second kappa shape index (κ2) is 7.84. The lowest BCUT2D eigenvalue weighted by molar-refractivity contribution is -0.385. The minimum Gasteiger partial charge on any atom is -0.493 e. The first-order valence-corrected chi connectivity index (χ1v) is 7.75. The van der Waals surface area contributed by atoms with Gasteiger partial charge in [0.15, 0.2) is 11.5 Å². The van der Waals surface area contributed by atoms with Gasteiger partial charge in [0.2, 0.25) is 5.75 Å². The van der Waals surface area contributed by atoms with Gasteiger partial charge in [-0.3, -0.25) is 14.9 Å². The molecule has 0 heterocycles. The van der Waals surface area contributed by atoms with Crippen molar-refractivity contribution in [2.24, 2.45) is 0 Å². The number of carbonyl (C=O) groups excluding carboxylic acids is 1. The van der Waals surface area contributed by atoms with Crippen molar-refractivity contribution in [2.45, 2.75) is 0 Å². The van der Waals surface area contributed by atoms with E-state index in [2.05, 4.69) is 21.2 Å². The summed E-state index contributed by atoms with van der Waals surface area (Å²) in [5.41, 5.74) is 0.339. The summed E-state index contributed by atoms with van der Waals surface area (Å²) in [6.45, 7) is 0. The highest BCUT2D eigenvalue weighted by Gasteiger charge is 2.18. The summed E-state index contributed by atoms with van der Waals surface area (Å²) in [5.74, 6) is 0.630. The molecule has 0 aliphatic heterocycles. The molecular weight excluding hydrogens is 396 g/mol. The number of nitro groups is 1. The number of methoxy groups -OCH3 is 3. The Balaban J connectivity index is 2.35. The fourth-order valence-electron chi connectivity index (χ4n) is 2.15. The number of hydrogen-bond acceptors (Lipinski definition) is 6. The number of rotatable bonds is 6. The summed E-state index contributed by atoms with van der Waals surface area (Å²) in [5, 5.41) is 13.6. The van der Waals surface area contributed by atoms with E-state index in [0.717, 1.165) is 0 Å². The first-order valence-electron chi connectivity index (χ1n) is 6.96. The van der Waals surface area contributed by atoms with Crippen molar-refractivity contribution in [1.82, 2.24) is 0 Å². The molecule has 0 saturated heterocycles. The fourth-order valence-corrected chi connectivity index (χ4v) is 2.54. The molecule has 2 aromatic rings. The SMILES string of the molecule is COc1cc(NC(=O)c2ccc(Br)c([N+](=O)[O-])c2)cc(OC)c1OC. The molecule has 8 nitrogen and oxygen atoms in total. The van der Waals surface area contributed by atoms with Crippen LogP contribution in [0.1, 0.15) is 10.4 Å². The molecule has 9 heteroatoms. The van der Waals surface area contributed by atoms with Gasteiger partial charge in [0.25, 0.3) is 11.6 Å². The number of hydrogen-bond donors (Lipinski definition) is 1. The molecular formula is C16H15BrN2O6. The van der Waals surface area contributed by atoms with E-state index in [1.807, 2.05) is 0 Å². The van der Waals surface area contributed by atoms with Crippen LogP contribution in [0.2, 0.25) is 0 Å². The molecule has 132 valence electrons. The lowest BCUT2D eigenvalue weighted by atomic mass is 10.1. The van der Waals surface area contributed by atoms with Gasteiger partial charge in [-0.15, -0.1) is 0 Å². The molecule has 0 bridgehead atoms. The van der Waals surface area contributed by atoms with Crippen molar-refractivity contribution < 1.29 is 23.9 Å². The fraction of sp³-hybridized carbons (Fsp3) is 0.188. The summed E-state index contributed by atoms with van der Waals surface area (Å²) < 4.78 is 16.0. The largest absolute Gasteiger partial charge is 0.493 e. The van der Waals surface area contributed by atoms with Crippen LogP contribution in [0, 0.1) is 10.1 Å². The van der Waals surface area contributed by atoms with Crippen molar-refractivity contribution in [2.75, 3.05) is 26.6 Å². The number of nitro benzene ring substituents is 1. The molecule has 0 unspecified atom stereocenters. The van der Waals surface area contributed by atoms with Crippen molar-refractivity contribution >= 4 is 33.2 Å². The van der Waals surface area contributed by atoms with Gasteiger partial charge in [-0.2, -0.15) is 0 Å². The average Bonchev–Trinajstić information content (AvgIpc) is 2.60. The zero-order chi connectivity index (χ0) is 18.6. The number of carbonyl (C=O) groups is 1. The van der Waals surface area contributed by atoms with E-state index in [1.165, 1.54) is 39.5 Å². The summed E-state index contributed by atoms with van der Waals surface area (Å²) in [7, 11) is 4.39. The van der Waals surface area contributed by atoms with Gasteiger partial charge in [0.05, 0.1) is 30.7 Å². The number of anilines is 1. The second-order valence-electron chi connectivity index (χ2n) is 4.79. The predicted molar refractivity (Wildman–Crippen MR) is 94.8 cm³/mol. The highest BCUT2D eigenvalue weighted by molar-refractivity contribution is 9.10. The lowest BCUT2D eigenvalue weighted by Gasteiger charge is -2.14. The Morgan fingerprint density at radius 2 is 1.68 bits per heavy atom. The van der Waals surface area contributed by atoms with Crippen molar-refractivity contribution in [1.29, 1.82) is 0 Å². The Morgan fingerprint density at radius 1 is 1.08 bits per heavy atom. The van der Waals surface area contributed by atoms with Crippen LogP contribution in [0.3, 0.4) is 0 Å². The quantitative estimate of drug-likeness (QED) is 0.576. The highest BCUT2D eigenvalue weighted by Crippen LogP contribution is 2.40. The van der Waals surface area contributed by atoms with Gasteiger partial charge in [-0.05, 0) is 28.1 Å². The van der Waals surface area contributed by atoms with Crippen LogP contribution >= 0.6 is 15.9 Å². The molecule has 0 saturated carbocycles. The number of ether oxygens (including phenoxy) is 3. The molecule has 0 radical (unpaired) electrons. The third-order valence-electron chi connectivity index (χ3n) is 3.33. The third kappa shape index (κ3) is 4.00. The number of benzene rings is 2. The van der Waals surface area contributed by atoms with Crippen molar-refractivity contribution in [3.8, 4) is 17.2 Å². The van der Waals surface area contributed by atoms with E-state index >= 15 is 0 Å². The maximum Gasteiger partial charge on any atom is 0.284 e. The molecule has 25 heavy (non-hydrogen) atoms. The minimum atomic E-state index is -0.569. The monoisotopic (exact) mass is 410 g/mol. The van der Waals surface area contributed by atoms with Crippen LogP contribution < -0.4 is 19.5 Å². The van der Waals surface area contributed by atoms with E-state index < -0.39 is 10.8 Å². The van der Waals surface area contributed by atoms with Gasteiger partial charge in [-0.1, -0.05) is 0 Å². The maximum absolute atomic E-state index is 12.4. The summed E-state index contributed by atoms with van der Waals surface area (Å²) >= 11 is 3.08. The number of amides is 1. The molecule has 0 spiro atoms. The van der Waals surface area contributed by atoms with E-state index in [9.17, 15) is 14.9 Å². The Hall–Kier alpha value is -2.81. The topological polar surface area (TPSA) is 99.9 Å². The molecule has 0 aliphatic rings. The lowest BCUT2D eigenvalue weighted by Crippen LogP contribution is -2.12. The van der Waals surface area contributed by atoms with Gasteiger partial charge >= 0.3 is 0 Å². The Bertz CT molecular complexity index is 799. The summed E-state index contributed by atoms with van der Waals surface area (Å²) in [4.78, 5) is 22.8. The first kappa shape index (κ1) is 18.5. The van der Waals surface area contributed by atoms with Gasteiger partial charge in [0.1, 0.15) is 0 Å². The van der Waals surface area contributed by atoms with Crippen LogP contribution in [0.5, 0.6) is 17.2 Å². The number of nitrogens with one attached hydrogen (secondary N) is 1. The smallest absolute Gasteiger partial charge is 0.284 e. The normalized spacial score (nSPS) is 10.1. The molecule has 0 fully saturated rings. The maximum atomic E-state index is 12.4. The van der Waals surface area contributed by atoms with Crippen LogP contribution in [0.4, 0.5) is 11.4 Å². The molecule has 1 N–H and O–H groups in total. The zero-order valence-corrected chi connectivity index (χ0v) is 15.2. The van der Waals surface area contributed by atoms with Crippen LogP contribution in [0.15, 0.2) is 34.8 Å². The molecule has 0 aliphatic carbocycles. The molecule has 1 amide bonds. The summed E-state index contributed by atoms with van der Waals surface area (Å²) in [6.07, 6.45) is 0. The Morgan fingerprint density at radius 3 is 2.16 bits per heavy atom. The number of nitrogens with zero attached hydrogens (tertiary/aromatic N) is 1. The zero-order valence-electron chi connectivity index (χ0n) is 13.7. The van der Waals surface area contributed by atoms with Gasteiger partial charge < -0.3 is 19.5 Å². The van der Waals surface area contributed by atoms with Crippen LogP contribution in [-0.2, 0) is 0 Å². The van der Waals surface area contributed by atoms with Crippen molar-refractivity contribution in [3.05, 3.63) is 50.5 Å². The van der Waals surface area contributed by atoms with E-state index in [0.29, 0.717) is 27.4 Å². The first-order chi connectivity index (χ1) is 11.9. The Labute approximate surface area is 152 Å². The van der Waals surface area contributed by atoms with Crippen LogP contribution in [0.25, 0.3) is 0 Å². The highest BCUT2D eigenvalue weighted by atomic mass is 79.9. The molecule has 0 atom stereocenters. The molecule has 0 aromatic heterocycles. The molecule has 2 rings (SSSR count). The van der Waals surface area contributed by atoms with Gasteiger partial charge in [-0.25, -0.2) is 0 Å². The number of halogens is 1. The Kier molecular flexibility index (Phi) is 5.81. The van der Waals surface area contributed by atoms with E-state index in [1.54, 1.807) is 12.1 Å². The predicted octanol–water partition coefficient (Wildman–Crippen LogP) is 3.64. The third-order valence-corrected chi connectivity index (χ3v) is 4.00. The van der Waals surface area contributed by atoms with E-state index in [-0.39, 0.29) is 11.3 Å².